The van der Waals surface area contributed by atoms with E-state index in [-0.39, 0.29) is 18.2 Å². The summed E-state index contributed by atoms with van der Waals surface area (Å²) in [5.74, 6) is -0.179. The third-order valence-corrected chi connectivity index (χ3v) is 4.61. The zero-order chi connectivity index (χ0) is 14.4. The Bertz CT molecular complexity index is 425. The summed E-state index contributed by atoms with van der Waals surface area (Å²) < 4.78 is 14.0. The molecule has 5 heteroatoms. The van der Waals surface area contributed by atoms with Gasteiger partial charge in [0.25, 0.3) is 0 Å². The van der Waals surface area contributed by atoms with Gasteiger partial charge in [0.05, 0.1) is 4.47 Å². The Morgan fingerprint density at radius 1 is 1.29 bits per heavy atom. The van der Waals surface area contributed by atoms with Crippen LogP contribution in [-0.2, 0) is 0 Å². The zero-order valence-corrected chi connectivity index (χ0v) is 15.0. The topological polar surface area (TPSA) is 15.3 Å². The number of nitrogens with one attached hydrogen (secondary N) is 1. The van der Waals surface area contributed by atoms with Gasteiger partial charge in [-0.05, 0) is 40.0 Å². The molecule has 2 rings (SSSR count). The van der Waals surface area contributed by atoms with Crippen LogP contribution in [0.5, 0.6) is 0 Å². The number of unbranched alkanes of at least 4 members (excludes halogenated alkanes) is 2. The number of hydrogen-bond acceptors (Lipinski definition) is 2. The summed E-state index contributed by atoms with van der Waals surface area (Å²) in [6.07, 6.45) is 4.90. The van der Waals surface area contributed by atoms with Gasteiger partial charge in [0.2, 0.25) is 0 Å². The maximum atomic E-state index is 13.4. The first-order valence-corrected chi connectivity index (χ1v) is 8.41. The highest BCUT2D eigenvalue weighted by atomic mass is 79.9. The number of rotatable bonds is 6. The third kappa shape index (κ3) is 5.51. The second-order valence-electron chi connectivity index (χ2n) is 5.47. The molecule has 0 spiro atoms. The second-order valence-corrected chi connectivity index (χ2v) is 6.33. The number of piperazine rings is 1. The minimum atomic E-state index is -0.179. The average molecular weight is 380 g/mol. The van der Waals surface area contributed by atoms with Crippen molar-refractivity contribution in [2.75, 3.05) is 26.2 Å². The molecule has 21 heavy (non-hydrogen) atoms. The van der Waals surface area contributed by atoms with Crippen LogP contribution in [0.2, 0.25) is 0 Å². The summed E-state index contributed by atoms with van der Waals surface area (Å²) in [5, 5.41) is 3.40. The lowest BCUT2D eigenvalue weighted by molar-refractivity contribution is 0.162. The highest BCUT2D eigenvalue weighted by Gasteiger charge is 2.22. The fraction of sp³-hybridized carbons (Fsp3) is 0.625. The Balaban J connectivity index is 0.00000220. The van der Waals surface area contributed by atoms with Crippen molar-refractivity contribution < 1.29 is 4.39 Å². The van der Waals surface area contributed by atoms with E-state index in [1.165, 1.54) is 24.8 Å². The average Bonchev–Trinajstić information content (AvgIpc) is 2.48. The molecule has 1 aliphatic rings. The first-order chi connectivity index (χ1) is 9.72. The summed E-state index contributed by atoms with van der Waals surface area (Å²) in [7, 11) is 0. The van der Waals surface area contributed by atoms with E-state index < -0.39 is 0 Å². The van der Waals surface area contributed by atoms with Gasteiger partial charge in [0.15, 0.2) is 0 Å². The molecule has 2 nitrogen and oxygen atoms in total. The van der Waals surface area contributed by atoms with E-state index in [2.05, 4.69) is 33.1 Å². The van der Waals surface area contributed by atoms with Crippen molar-refractivity contribution in [2.45, 2.75) is 38.6 Å². The van der Waals surface area contributed by atoms with E-state index in [0.717, 1.165) is 32.6 Å². The lowest BCUT2D eigenvalue weighted by Crippen LogP contribution is -2.45. The van der Waals surface area contributed by atoms with Gasteiger partial charge in [0.1, 0.15) is 5.82 Å². The van der Waals surface area contributed by atoms with Crippen LogP contribution in [0.3, 0.4) is 0 Å². The Hall–Kier alpha value is -0.160. The fourth-order valence-electron chi connectivity index (χ4n) is 2.86. The number of halogens is 3. The van der Waals surface area contributed by atoms with Crippen molar-refractivity contribution in [3.8, 4) is 0 Å². The largest absolute Gasteiger partial charge is 0.314 e. The standard InChI is InChI=1S/C16H24BrFN2.ClH/c1-2-3-4-5-16(20-10-8-19-9-11-20)13-6-7-15(18)14(17)12-13;/h6-7,12,16,19H,2-5,8-11H2,1H3;1H/t16-;/m0./s1. The Labute approximate surface area is 142 Å². The van der Waals surface area contributed by atoms with Crippen LogP contribution in [-0.4, -0.2) is 31.1 Å². The van der Waals surface area contributed by atoms with Gasteiger partial charge in [-0.2, -0.15) is 0 Å². The van der Waals surface area contributed by atoms with Crippen molar-refractivity contribution in [3.05, 3.63) is 34.1 Å². The van der Waals surface area contributed by atoms with E-state index in [1.54, 1.807) is 6.07 Å². The molecule has 0 aliphatic carbocycles. The first kappa shape index (κ1) is 18.9. The van der Waals surface area contributed by atoms with Crippen LogP contribution in [0.1, 0.15) is 44.2 Å². The van der Waals surface area contributed by atoms with E-state index >= 15 is 0 Å². The van der Waals surface area contributed by atoms with Crippen LogP contribution in [0.25, 0.3) is 0 Å². The molecule has 1 aromatic carbocycles. The van der Waals surface area contributed by atoms with Crippen LogP contribution < -0.4 is 5.32 Å². The number of hydrogen-bond donors (Lipinski definition) is 1. The summed E-state index contributed by atoms with van der Waals surface area (Å²) >= 11 is 3.31. The van der Waals surface area contributed by atoms with Crippen molar-refractivity contribution >= 4 is 28.3 Å². The molecule has 1 N–H and O–H groups in total. The molecule has 1 heterocycles. The van der Waals surface area contributed by atoms with Gasteiger partial charge in [-0.3, -0.25) is 4.90 Å². The predicted molar refractivity (Wildman–Crippen MR) is 92.7 cm³/mol. The molecule has 0 saturated carbocycles. The minimum Gasteiger partial charge on any atom is -0.314 e. The van der Waals surface area contributed by atoms with Gasteiger partial charge in [-0.25, -0.2) is 4.39 Å². The normalized spacial score (nSPS) is 17.3. The Morgan fingerprint density at radius 3 is 2.62 bits per heavy atom. The van der Waals surface area contributed by atoms with Crippen LogP contribution in [0, 0.1) is 5.82 Å². The number of nitrogens with zero attached hydrogens (tertiary/aromatic N) is 1. The van der Waals surface area contributed by atoms with Gasteiger partial charge < -0.3 is 5.32 Å². The van der Waals surface area contributed by atoms with E-state index in [1.807, 2.05) is 12.1 Å². The molecule has 0 radical (unpaired) electrons. The monoisotopic (exact) mass is 378 g/mol. The summed E-state index contributed by atoms with van der Waals surface area (Å²) in [5.41, 5.74) is 1.23. The van der Waals surface area contributed by atoms with Crippen molar-refractivity contribution in [1.82, 2.24) is 10.2 Å². The van der Waals surface area contributed by atoms with Crippen LogP contribution in [0.4, 0.5) is 4.39 Å². The smallest absolute Gasteiger partial charge is 0.137 e. The Morgan fingerprint density at radius 2 is 2.00 bits per heavy atom. The molecule has 1 aromatic rings. The highest BCUT2D eigenvalue weighted by molar-refractivity contribution is 9.10. The van der Waals surface area contributed by atoms with Gasteiger partial charge in [-0.15, -0.1) is 12.4 Å². The number of benzene rings is 1. The molecular weight excluding hydrogens is 355 g/mol. The van der Waals surface area contributed by atoms with Crippen LogP contribution >= 0.6 is 28.3 Å². The van der Waals surface area contributed by atoms with Gasteiger partial charge >= 0.3 is 0 Å². The second kappa shape index (κ2) is 9.78. The summed E-state index contributed by atoms with van der Waals surface area (Å²) in [6, 6.07) is 5.89. The third-order valence-electron chi connectivity index (χ3n) is 4.00. The molecule has 0 unspecified atom stereocenters. The van der Waals surface area contributed by atoms with Gasteiger partial charge in [0, 0.05) is 32.2 Å². The maximum absolute atomic E-state index is 13.4. The lowest BCUT2D eigenvalue weighted by atomic mass is 9.98. The SMILES string of the molecule is CCCCC[C@@H](c1ccc(F)c(Br)c1)N1CCNCC1.Cl. The summed E-state index contributed by atoms with van der Waals surface area (Å²) in [4.78, 5) is 2.53. The highest BCUT2D eigenvalue weighted by Crippen LogP contribution is 2.29. The van der Waals surface area contributed by atoms with Crippen molar-refractivity contribution in [2.24, 2.45) is 0 Å². The molecular formula is C16H25BrClFN2. The maximum Gasteiger partial charge on any atom is 0.137 e. The molecule has 1 aliphatic heterocycles. The van der Waals surface area contributed by atoms with E-state index in [9.17, 15) is 4.39 Å². The molecule has 1 atom stereocenters. The zero-order valence-electron chi connectivity index (χ0n) is 12.6. The molecule has 0 bridgehead atoms. The van der Waals surface area contributed by atoms with E-state index in [4.69, 9.17) is 0 Å². The van der Waals surface area contributed by atoms with Crippen molar-refractivity contribution in [3.63, 3.8) is 0 Å². The molecule has 0 aromatic heterocycles. The van der Waals surface area contributed by atoms with E-state index in [0.29, 0.717) is 10.5 Å². The molecule has 1 fully saturated rings. The quantitative estimate of drug-likeness (QED) is 0.730. The molecule has 1 saturated heterocycles. The van der Waals surface area contributed by atoms with Crippen LogP contribution in [0.15, 0.2) is 22.7 Å². The lowest BCUT2D eigenvalue weighted by Gasteiger charge is -2.35. The fourth-order valence-corrected chi connectivity index (χ4v) is 3.26. The Kier molecular flexibility index (Phi) is 8.79. The van der Waals surface area contributed by atoms with Crippen molar-refractivity contribution in [1.29, 1.82) is 0 Å². The summed E-state index contributed by atoms with van der Waals surface area (Å²) in [6.45, 7) is 6.48. The predicted octanol–water partition coefficient (Wildman–Crippen LogP) is 4.54. The minimum absolute atomic E-state index is 0. The molecule has 0 amide bonds. The van der Waals surface area contributed by atoms with Gasteiger partial charge in [-0.1, -0.05) is 32.3 Å². The first-order valence-electron chi connectivity index (χ1n) is 7.62. The molecule has 120 valence electrons.